The lowest BCUT2D eigenvalue weighted by Gasteiger charge is -2.21. The van der Waals surface area contributed by atoms with E-state index in [-0.39, 0.29) is 11.6 Å². The number of hydrogen-bond acceptors (Lipinski definition) is 2. The second-order valence-corrected chi connectivity index (χ2v) is 4.99. The Bertz CT molecular complexity index is 313. The van der Waals surface area contributed by atoms with Gasteiger partial charge in [0.15, 0.2) is 0 Å². The first-order valence-electron chi connectivity index (χ1n) is 5.42. The summed E-state index contributed by atoms with van der Waals surface area (Å²) in [6, 6.07) is 8.18. The maximum absolute atomic E-state index is 9.40. The van der Waals surface area contributed by atoms with Crippen LogP contribution in [0.2, 0.25) is 0 Å². The third kappa shape index (κ3) is 4.45. The predicted molar refractivity (Wildman–Crippen MR) is 63.8 cm³/mol. The van der Waals surface area contributed by atoms with E-state index in [0.717, 1.165) is 6.42 Å². The monoisotopic (exact) mass is 207 g/mol. The lowest BCUT2D eigenvalue weighted by atomic mass is 9.91. The van der Waals surface area contributed by atoms with E-state index in [4.69, 9.17) is 5.73 Å². The molecular formula is C13H21NO. The minimum absolute atomic E-state index is 0.200. The smallest absolute Gasteiger partial charge is 0.0552 e. The highest BCUT2D eigenvalue weighted by Crippen LogP contribution is 2.16. The molecule has 0 fully saturated rings. The normalized spacial score (nSPS) is 13.9. The summed E-state index contributed by atoms with van der Waals surface area (Å²) in [5.41, 5.74) is 8.25. The lowest BCUT2D eigenvalue weighted by Crippen LogP contribution is -2.34. The number of nitrogens with two attached hydrogens (primary N) is 1. The van der Waals surface area contributed by atoms with Crippen molar-refractivity contribution in [2.24, 2.45) is 5.73 Å². The molecule has 0 radical (unpaired) electrons. The Labute approximate surface area is 92.1 Å². The topological polar surface area (TPSA) is 46.2 Å². The molecule has 0 saturated carbocycles. The Balaban J connectivity index is 2.86. The van der Waals surface area contributed by atoms with E-state index in [9.17, 15) is 5.11 Å². The van der Waals surface area contributed by atoms with Crippen LogP contribution in [0.3, 0.4) is 0 Å². The van der Waals surface area contributed by atoms with E-state index in [2.05, 4.69) is 12.1 Å². The highest BCUT2D eigenvalue weighted by Gasteiger charge is 2.14. The Morgan fingerprint density at radius 3 is 2.27 bits per heavy atom. The minimum Gasteiger partial charge on any atom is -0.393 e. The molecule has 0 aliphatic carbocycles. The molecule has 1 rings (SSSR count). The summed E-state index contributed by atoms with van der Waals surface area (Å²) in [7, 11) is 0. The first-order valence-corrected chi connectivity index (χ1v) is 5.42. The highest BCUT2D eigenvalue weighted by molar-refractivity contribution is 5.29. The zero-order chi connectivity index (χ0) is 11.5. The van der Waals surface area contributed by atoms with Gasteiger partial charge in [0.2, 0.25) is 0 Å². The number of aliphatic hydroxyl groups excluding tert-OH is 1. The highest BCUT2D eigenvalue weighted by atomic mass is 16.3. The summed E-state index contributed by atoms with van der Waals surface area (Å²) in [6.07, 6.45) is 1.24. The third-order valence-corrected chi connectivity index (χ3v) is 2.28. The summed E-state index contributed by atoms with van der Waals surface area (Å²) < 4.78 is 0. The van der Waals surface area contributed by atoms with E-state index in [1.54, 1.807) is 0 Å². The van der Waals surface area contributed by atoms with Gasteiger partial charge in [-0.2, -0.15) is 0 Å². The summed E-state index contributed by atoms with van der Waals surface area (Å²) >= 11 is 0. The third-order valence-electron chi connectivity index (χ3n) is 2.28. The van der Waals surface area contributed by atoms with Crippen LogP contribution in [0.15, 0.2) is 24.3 Å². The maximum atomic E-state index is 9.40. The van der Waals surface area contributed by atoms with Gasteiger partial charge >= 0.3 is 0 Å². The fourth-order valence-electron chi connectivity index (χ4n) is 1.74. The van der Waals surface area contributed by atoms with Crippen LogP contribution >= 0.6 is 0 Å². The summed E-state index contributed by atoms with van der Waals surface area (Å²) in [4.78, 5) is 0. The Kier molecular flexibility index (Phi) is 3.89. The molecule has 1 atom stereocenters. The van der Waals surface area contributed by atoms with Gasteiger partial charge in [0.1, 0.15) is 0 Å². The van der Waals surface area contributed by atoms with E-state index in [1.807, 2.05) is 32.9 Å². The van der Waals surface area contributed by atoms with Gasteiger partial charge in [-0.05, 0) is 44.7 Å². The molecule has 0 spiro atoms. The second kappa shape index (κ2) is 4.77. The molecule has 0 aromatic heterocycles. The van der Waals surface area contributed by atoms with Crippen LogP contribution in [-0.4, -0.2) is 16.7 Å². The molecule has 2 nitrogen and oxygen atoms in total. The van der Waals surface area contributed by atoms with Gasteiger partial charge in [0, 0.05) is 5.54 Å². The first-order chi connectivity index (χ1) is 6.88. The Hall–Kier alpha value is -0.860. The molecule has 2 heteroatoms. The molecule has 0 amide bonds. The van der Waals surface area contributed by atoms with Crippen LogP contribution in [0.1, 0.15) is 31.9 Å². The van der Waals surface area contributed by atoms with Crippen molar-refractivity contribution >= 4 is 0 Å². The second-order valence-electron chi connectivity index (χ2n) is 4.99. The van der Waals surface area contributed by atoms with Crippen molar-refractivity contribution in [1.29, 1.82) is 0 Å². The fourth-order valence-corrected chi connectivity index (χ4v) is 1.74. The van der Waals surface area contributed by atoms with Gasteiger partial charge in [0.25, 0.3) is 0 Å². The number of aliphatic hydroxyl groups is 1. The van der Waals surface area contributed by atoms with E-state index >= 15 is 0 Å². The van der Waals surface area contributed by atoms with Gasteiger partial charge < -0.3 is 10.8 Å². The minimum atomic E-state index is -0.299. The van der Waals surface area contributed by atoms with Gasteiger partial charge in [-0.25, -0.2) is 0 Å². The van der Waals surface area contributed by atoms with Crippen molar-refractivity contribution in [2.45, 2.75) is 45.3 Å². The molecule has 1 aromatic carbocycles. The summed E-state index contributed by atoms with van der Waals surface area (Å²) in [6.45, 7) is 5.85. The first kappa shape index (κ1) is 12.2. The average molecular weight is 207 g/mol. The Morgan fingerprint density at radius 2 is 1.80 bits per heavy atom. The number of benzene rings is 1. The van der Waals surface area contributed by atoms with Gasteiger partial charge in [-0.3, -0.25) is 0 Å². The van der Waals surface area contributed by atoms with Crippen LogP contribution in [-0.2, 0) is 12.8 Å². The zero-order valence-corrected chi connectivity index (χ0v) is 9.83. The molecule has 1 aromatic rings. The Morgan fingerprint density at radius 1 is 1.27 bits per heavy atom. The molecule has 0 heterocycles. The van der Waals surface area contributed by atoms with Gasteiger partial charge in [0.05, 0.1) is 6.10 Å². The van der Waals surface area contributed by atoms with Crippen LogP contribution in [0, 0.1) is 0 Å². The van der Waals surface area contributed by atoms with Gasteiger partial charge in [-0.1, -0.05) is 24.3 Å². The molecule has 3 N–H and O–H groups in total. The molecule has 0 aliphatic rings. The van der Waals surface area contributed by atoms with E-state index < -0.39 is 0 Å². The largest absolute Gasteiger partial charge is 0.393 e. The molecule has 1 unspecified atom stereocenters. The van der Waals surface area contributed by atoms with E-state index in [0.29, 0.717) is 6.42 Å². The van der Waals surface area contributed by atoms with Crippen molar-refractivity contribution in [1.82, 2.24) is 0 Å². The molecule has 0 saturated heterocycles. The van der Waals surface area contributed by atoms with Crippen molar-refractivity contribution in [3.8, 4) is 0 Å². The van der Waals surface area contributed by atoms with Crippen LogP contribution in [0.25, 0.3) is 0 Å². The van der Waals surface area contributed by atoms with Crippen molar-refractivity contribution in [3.05, 3.63) is 35.4 Å². The van der Waals surface area contributed by atoms with E-state index in [1.165, 1.54) is 11.1 Å². The number of hydrogen-bond donors (Lipinski definition) is 2. The van der Waals surface area contributed by atoms with Gasteiger partial charge in [-0.15, -0.1) is 0 Å². The standard InChI is InChI=1S/C13H21NO/c1-10(15)8-11-6-4-5-7-12(11)9-13(2,3)14/h4-7,10,15H,8-9,14H2,1-3H3. The average Bonchev–Trinajstić information content (AvgIpc) is 2.05. The zero-order valence-electron chi connectivity index (χ0n) is 9.83. The van der Waals surface area contributed by atoms with Crippen LogP contribution < -0.4 is 5.73 Å². The molecule has 0 aliphatic heterocycles. The fraction of sp³-hybridized carbons (Fsp3) is 0.538. The van der Waals surface area contributed by atoms with Crippen LogP contribution in [0.5, 0.6) is 0 Å². The number of rotatable bonds is 4. The summed E-state index contributed by atoms with van der Waals surface area (Å²) in [5.74, 6) is 0. The molecule has 15 heavy (non-hydrogen) atoms. The lowest BCUT2D eigenvalue weighted by molar-refractivity contribution is 0.195. The summed E-state index contributed by atoms with van der Waals surface area (Å²) in [5, 5.41) is 9.40. The van der Waals surface area contributed by atoms with Crippen molar-refractivity contribution in [2.75, 3.05) is 0 Å². The molecule has 0 bridgehead atoms. The maximum Gasteiger partial charge on any atom is 0.0552 e. The predicted octanol–water partition coefficient (Wildman–Crippen LogP) is 1.89. The SMILES string of the molecule is CC(O)Cc1ccccc1CC(C)(C)N. The molecule has 84 valence electrons. The quantitative estimate of drug-likeness (QED) is 0.792. The van der Waals surface area contributed by atoms with Crippen LogP contribution in [0.4, 0.5) is 0 Å². The van der Waals surface area contributed by atoms with Crippen molar-refractivity contribution in [3.63, 3.8) is 0 Å². The van der Waals surface area contributed by atoms with Crippen molar-refractivity contribution < 1.29 is 5.11 Å². The molecular weight excluding hydrogens is 186 g/mol.